The standard InChI is InChI=1S/C25H23N3O2S/c1-3-17-12-9-13-19-23(17)27-24(18-10-5-4-6-11-18)28-25(19)31-16-22(29)26-20-14-7-8-15-21(20)30-2/h4-15H,3,16H2,1-2H3,(H,26,29). The average molecular weight is 430 g/mol. The number of hydrogen-bond donors (Lipinski definition) is 1. The molecule has 0 unspecified atom stereocenters. The zero-order valence-electron chi connectivity index (χ0n) is 17.5. The number of benzene rings is 3. The van der Waals surface area contributed by atoms with Gasteiger partial charge in [-0.15, -0.1) is 0 Å². The van der Waals surface area contributed by atoms with Gasteiger partial charge in [0.1, 0.15) is 10.8 Å². The van der Waals surface area contributed by atoms with Crippen LogP contribution in [0.4, 0.5) is 5.69 Å². The van der Waals surface area contributed by atoms with Crippen LogP contribution in [0, 0.1) is 0 Å². The molecule has 0 saturated heterocycles. The van der Waals surface area contributed by atoms with Crippen molar-refractivity contribution in [2.45, 2.75) is 18.4 Å². The van der Waals surface area contributed by atoms with E-state index in [0.717, 1.165) is 33.5 Å². The average Bonchev–Trinajstić information content (AvgIpc) is 2.82. The van der Waals surface area contributed by atoms with Gasteiger partial charge in [0.2, 0.25) is 5.91 Å². The summed E-state index contributed by atoms with van der Waals surface area (Å²) >= 11 is 1.41. The van der Waals surface area contributed by atoms with Gasteiger partial charge < -0.3 is 10.1 Å². The molecule has 4 aromatic rings. The molecule has 0 radical (unpaired) electrons. The summed E-state index contributed by atoms with van der Waals surface area (Å²) in [4.78, 5) is 22.3. The smallest absolute Gasteiger partial charge is 0.234 e. The minimum atomic E-state index is -0.117. The number of anilines is 1. The molecule has 0 bridgehead atoms. The molecule has 156 valence electrons. The molecule has 6 heteroatoms. The zero-order chi connectivity index (χ0) is 21.6. The van der Waals surface area contributed by atoms with Crippen LogP contribution in [0.5, 0.6) is 5.75 Å². The van der Waals surface area contributed by atoms with Gasteiger partial charge in [0.25, 0.3) is 0 Å². The summed E-state index contributed by atoms with van der Waals surface area (Å²) in [5.41, 5.74) is 3.71. The van der Waals surface area contributed by atoms with Crippen molar-refractivity contribution in [1.29, 1.82) is 0 Å². The van der Waals surface area contributed by atoms with E-state index in [1.807, 2.05) is 66.7 Å². The third-order valence-corrected chi connectivity index (χ3v) is 5.90. The van der Waals surface area contributed by atoms with Crippen molar-refractivity contribution in [2.24, 2.45) is 0 Å². The third kappa shape index (κ3) is 4.70. The van der Waals surface area contributed by atoms with Gasteiger partial charge in [-0.3, -0.25) is 4.79 Å². The number of nitrogens with one attached hydrogen (secondary N) is 1. The number of hydrogen-bond acceptors (Lipinski definition) is 5. The van der Waals surface area contributed by atoms with Crippen molar-refractivity contribution in [3.05, 3.63) is 78.4 Å². The summed E-state index contributed by atoms with van der Waals surface area (Å²) < 4.78 is 5.31. The fourth-order valence-corrected chi connectivity index (χ4v) is 4.17. The lowest BCUT2D eigenvalue weighted by molar-refractivity contribution is -0.113. The summed E-state index contributed by atoms with van der Waals surface area (Å²) in [5.74, 6) is 1.41. The maximum absolute atomic E-state index is 12.6. The molecule has 0 aliphatic carbocycles. The predicted molar refractivity (Wildman–Crippen MR) is 127 cm³/mol. The van der Waals surface area contributed by atoms with Crippen LogP contribution in [0.15, 0.2) is 77.8 Å². The topological polar surface area (TPSA) is 64.1 Å². The van der Waals surface area contributed by atoms with Gasteiger partial charge in [-0.1, -0.05) is 79.3 Å². The highest BCUT2D eigenvalue weighted by Crippen LogP contribution is 2.31. The molecule has 5 nitrogen and oxygen atoms in total. The Morgan fingerprint density at radius 1 is 0.968 bits per heavy atom. The van der Waals surface area contributed by atoms with Crippen LogP contribution >= 0.6 is 11.8 Å². The van der Waals surface area contributed by atoms with Crippen molar-refractivity contribution in [3.8, 4) is 17.1 Å². The molecule has 4 rings (SSSR count). The Morgan fingerprint density at radius 3 is 2.52 bits per heavy atom. The Bertz CT molecular complexity index is 1210. The molecule has 31 heavy (non-hydrogen) atoms. The number of nitrogens with zero attached hydrogens (tertiary/aromatic N) is 2. The fraction of sp³-hybridized carbons (Fsp3) is 0.160. The molecular weight excluding hydrogens is 406 g/mol. The van der Waals surface area contributed by atoms with Crippen molar-refractivity contribution >= 4 is 34.3 Å². The van der Waals surface area contributed by atoms with Gasteiger partial charge in [0.15, 0.2) is 5.82 Å². The Balaban J connectivity index is 1.64. The Hall–Kier alpha value is -3.38. The molecule has 0 atom stereocenters. The molecule has 0 saturated carbocycles. The molecule has 0 fully saturated rings. The lowest BCUT2D eigenvalue weighted by Crippen LogP contribution is -2.15. The third-order valence-electron chi connectivity index (χ3n) is 4.91. The number of amides is 1. The molecule has 1 aromatic heterocycles. The van der Waals surface area contributed by atoms with Crippen LogP contribution in [0.2, 0.25) is 0 Å². The number of fused-ring (bicyclic) bond motifs is 1. The second-order valence-electron chi connectivity index (χ2n) is 6.92. The summed E-state index contributed by atoms with van der Waals surface area (Å²) in [5, 5.41) is 4.69. The zero-order valence-corrected chi connectivity index (χ0v) is 18.3. The first-order valence-corrected chi connectivity index (χ1v) is 11.1. The number of thioether (sulfide) groups is 1. The molecular formula is C25H23N3O2S. The maximum Gasteiger partial charge on any atom is 0.234 e. The molecule has 1 amide bonds. The number of para-hydroxylation sites is 3. The van der Waals surface area contributed by atoms with Gasteiger partial charge >= 0.3 is 0 Å². The number of aromatic nitrogens is 2. The number of methoxy groups -OCH3 is 1. The van der Waals surface area contributed by atoms with E-state index in [4.69, 9.17) is 14.7 Å². The van der Waals surface area contributed by atoms with E-state index in [0.29, 0.717) is 17.3 Å². The largest absolute Gasteiger partial charge is 0.495 e. The van der Waals surface area contributed by atoms with E-state index < -0.39 is 0 Å². The minimum Gasteiger partial charge on any atom is -0.495 e. The number of carbonyl (C=O) groups excluding carboxylic acids is 1. The van der Waals surface area contributed by atoms with Gasteiger partial charge in [-0.25, -0.2) is 9.97 Å². The second kappa shape index (κ2) is 9.62. The van der Waals surface area contributed by atoms with E-state index in [2.05, 4.69) is 18.3 Å². The highest BCUT2D eigenvalue weighted by atomic mass is 32.2. The van der Waals surface area contributed by atoms with Crippen molar-refractivity contribution < 1.29 is 9.53 Å². The monoisotopic (exact) mass is 429 g/mol. The minimum absolute atomic E-state index is 0.117. The van der Waals surface area contributed by atoms with Crippen LogP contribution in [0.1, 0.15) is 12.5 Å². The normalized spacial score (nSPS) is 10.8. The van der Waals surface area contributed by atoms with Crippen molar-refractivity contribution in [3.63, 3.8) is 0 Å². The van der Waals surface area contributed by atoms with E-state index in [1.165, 1.54) is 11.8 Å². The predicted octanol–water partition coefficient (Wildman–Crippen LogP) is 5.60. The van der Waals surface area contributed by atoms with E-state index in [-0.39, 0.29) is 11.7 Å². The molecule has 0 spiro atoms. The summed E-state index contributed by atoms with van der Waals surface area (Å²) in [7, 11) is 1.59. The Labute approximate surface area is 185 Å². The van der Waals surface area contributed by atoms with Crippen LogP contribution in [-0.4, -0.2) is 28.7 Å². The number of carbonyl (C=O) groups is 1. The number of rotatable bonds is 7. The van der Waals surface area contributed by atoms with Crippen LogP contribution < -0.4 is 10.1 Å². The van der Waals surface area contributed by atoms with Gasteiger partial charge in [0, 0.05) is 10.9 Å². The molecule has 1 heterocycles. The van der Waals surface area contributed by atoms with E-state index >= 15 is 0 Å². The van der Waals surface area contributed by atoms with Crippen LogP contribution in [-0.2, 0) is 11.2 Å². The highest BCUT2D eigenvalue weighted by Gasteiger charge is 2.14. The first-order valence-electron chi connectivity index (χ1n) is 10.1. The van der Waals surface area contributed by atoms with Crippen molar-refractivity contribution in [2.75, 3.05) is 18.2 Å². The molecule has 1 N–H and O–H groups in total. The highest BCUT2D eigenvalue weighted by molar-refractivity contribution is 8.00. The van der Waals surface area contributed by atoms with Crippen LogP contribution in [0.25, 0.3) is 22.3 Å². The molecule has 0 aliphatic heterocycles. The maximum atomic E-state index is 12.6. The van der Waals surface area contributed by atoms with Gasteiger partial charge in [0.05, 0.1) is 24.1 Å². The first-order chi connectivity index (χ1) is 15.2. The number of aryl methyl sites for hydroxylation is 1. The first kappa shape index (κ1) is 20.9. The molecule has 0 aliphatic rings. The fourth-order valence-electron chi connectivity index (χ4n) is 3.36. The summed E-state index contributed by atoms with van der Waals surface area (Å²) in [6.45, 7) is 2.12. The lowest BCUT2D eigenvalue weighted by Gasteiger charge is -2.12. The second-order valence-corrected chi connectivity index (χ2v) is 7.89. The molecule has 3 aromatic carbocycles. The quantitative estimate of drug-likeness (QED) is 0.306. The van der Waals surface area contributed by atoms with Gasteiger partial charge in [-0.2, -0.15) is 0 Å². The van der Waals surface area contributed by atoms with Gasteiger partial charge in [-0.05, 0) is 24.1 Å². The summed E-state index contributed by atoms with van der Waals surface area (Å²) in [6.07, 6.45) is 0.876. The Morgan fingerprint density at radius 2 is 1.74 bits per heavy atom. The van der Waals surface area contributed by atoms with E-state index in [1.54, 1.807) is 7.11 Å². The van der Waals surface area contributed by atoms with Crippen molar-refractivity contribution in [1.82, 2.24) is 9.97 Å². The lowest BCUT2D eigenvalue weighted by atomic mass is 10.1. The van der Waals surface area contributed by atoms with E-state index in [9.17, 15) is 4.79 Å². The SMILES string of the molecule is CCc1cccc2c(SCC(=O)Nc3ccccc3OC)nc(-c3ccccc3)nc12. The Kier molecular flexibility index (Phi) is 6.48. The summed E-state index contributed by atoms with van der Waals surface area (Å²) in [6, 6.07) is 23.4. The van der Waals surface area contributed by atoms with Crippen LogP contribution in [0.3, 0.4) is 0 Å². The number of ether oxygens (including phenoxy) is 1.